The molecule has 0 saturated heterocycles. The van der Waals surface area contributed by atoms with E-state index in [9.17, 15) is 18.4 Å². The van der Waals surface area contributed by atoms with Gasteiger partial charge in [0.15, 0.2) is 23.0 Å². The molecule has 3 rings (SSSR count). The molecule has 0 radical (unpaired) electrons. The van der Waals surface area contributed by atoms with E-state index in [-0.39, 0.29) is 36.9 Å². The Morgan fingerprint density at radius 2 is 1.86 bits per heavy atom. The van der Waals surface area contributed by atoms with Gasteiger partial charge < -0.3 is 29.6 Å². The zero-order valence-electron chi connectivity index (χ0n) is 15.4. The van der Waals surface area contributed by atoms with Crippen LogP contribution in [-0.4, -0.2) is 38.9 Å². The molecule has 29 heavy (non-hydrogen) atoms. The number of amides is 2. The van der Waals surface area contributed by atoms with Crippen molar-refractivity contribution < 1.29 is 37.3 Å². The average molecular weight is 408 g/mol. The minimum Gasteiger partial charge on any atom is -0.493 e. The maximum absolute atomic E-state index is 12.4. The topological polar surface area (TPSA) is 95.1 Å². The summed E-state index contributed by atoms with van der Waals surface area (Å²) >= 11 is 0. The zero-order chi connectivity index (χ0) is 20.8. The van der Waals surface area contributed by atoms with Gasteiger partial charge in [0, 0.05) is 12.1 Å². The van der Waals surface area contributed by atoms with E-state index in [0.717, 1.165) is 5.56 Å². The van der Waals surface area contributed by atoms with Gasteiger partial charge in [-0.3, -0.25) is 9.59 Å². The molecule has 8 nitrogen and oxygen atoms in total. The second-order valence-electron chi connectivity index (χ2n) is 5.89. The normalized spacial score (nSPS) is 11.9. The molecule has 10 heteroatoms. The van der Waals surface area contributed by atoms with Crippen LogP contribution in [0.5, 0.6) is 23.0 Å². The molecule has 1 aliphatic rings. The first kappa shape index (κ1) is 20.2. The van der Waals surface area contributed by atoms with E-state index in [1.54, 1.807) is 18.2 Å². The van der Waals surface area contributed by atoms with Gasteiger partial charge in [-0.15, -0.1) is 0 Å². The Labute approximate surface area is 164 Å². The molecule has 2 aromatic rings. The van der Waals surface area contributed by atoms with E-state index in [1.807, 2.05) is 0 Å². The summed E-state index contributed by atoms with van der Waals surface area (Å²) in [4.78, 5) is 24.2. The Morgan fingerprint density at radius 3 is 2.62 bits per heavy atom. The number of ether oxygens (including phenoxy) is 4. The number of hydrogen-bond acceptors (Lipinski definition) is 6. The number of benzene rings is 2. The molecule has 0 saturated carbocycles. The molecule has 0 spiro atoms. The molecule has 2 aromatic carbocycles. The summed E-state index contributed by atoms with van der Waals surface area (Å²) in [5.74, 6) is 0.0718. The van der Waals surface area contributed by atoms with Crippen molar-refractivity contribution >= 4 is 11.8 Å². The average Bonchev–Trinajstić information content (AvgIpc) is 3.18. The van der Waals surface area contributed by atoms with E-state index in [0.29, 0.717) is 11.5 Å². The molecule has 1 aliphatic heterocycles. The van der Waals surface area contributed by atoms with E-state index in [2.05, 4.69) is 15.4 Å². The SMILES string of the molecule is COc1cc(C(=O)NCC(=O)NCc2ccc3c(c2)OCO3)ccc1OC(F)F. The van der Waals surface area contributed by atoms with Crippen molar-refractivity contribution in [2.45, 2.75) is 13.2 Å². The van der Waals surface area contributed by atoms with Gasteiger partial charge in [0.25, 0.3) is 5.91 Å². The smallest absolute Gasteiger partial charge is 0.387 e. The highest BCUT2D eigenvalue weighted by Crippen LogP contribution is 2.32. The Hall–Kier alpha value is -3.56. The van der Waals surface area contributed by atoms with Gasteiger partial charge in [0.05, 0.1) is 13.7 Å². The molecule has 2 N–H and O–H groups in total. The van der Waals surface area contributed by atoms with Crippen molar-refractivity contribution in [3.05, 3.63) is 47.5 Å². The summed E-state index contributed by atoms with van der Waals surface area (Å²) in [6.45, 7) is -2.87. The van der Waals surface area contributed by atoms with Crippen LogP contribution in [0, 0.1) is 0 Å². The predicted molar refractivity (Wildman–Crippen MR) is 96.4 cm³/mol. The molecular formula is C19H18F2N2O6. The Bertz CT molecular complexity index is 906. The van der Waals surface area contributed by atoms with Crippen LogP contribution in [0.2, 0.25) is 0 Å². The zero-order valence-corrected chi connectivity index (χ0v) is 15.4. The largest absolute Gasteiger partial charge is 0.493 e. The van der Waals surface area contributed by atoms with Crippen LogP contribution in [0.25, 0.3) is 0 Å². The molecule has 0 bridgehead atoms. The fourth-order valence-corrected chi connectivity index (χ4v) is 2.58. The minimum absolute atomic E-state index is 0.0230. The number of hydrogen-bond donors (Lipinski definition) is 2. The summed E-state index contributed by atoms with van der Waals surface area (Å²) in [6.07, 6.45) is 0. The van der Waals surface area contributed by atoms with Crippen LogP contribution in [0.3, 0.4) is 0 Å². The number of halogens is 2. The van der Waals surface area contributed by atoms with Crippen LogP contribution >= 0.6 is 0 Å². The summed E-state index contributed by atoms with van der Waals surface area (Å²) < 4.78 is 44.4. The lowest BCUT2D eigenvalue weighted by Crippen LogP contribution is -2.36. The molecular weight excluding hydrogens is 390 g/mol. The lowest BCUT2D eigenvalue weighted by molar-refractivity contribution is -0.120. The van der Waals surface area contributed by atoms with Gasteiger partial charge in [-0.25, -0.2) is 0 Å². The number of rotatable bonds is 8. The number of methoxy groups -OCH3 is 1. The van der Waals surface area contributed by atoms with Crippen molar-refractivity contribution in [3.8, 4) is 23.0 Å². The molecule has 0 atom stereocenters. The Kier molecular flexibility index (Phi) is 6.32. The highest BCUT2D eigenvalue weighted by molar-refractivity contribution is 5.97. The van der Waals surface area contributed by atoms with Crippen LogP contribution in [-0.2, 0) is 11.3 Å². The summed E-state index contributed by atoms with van der Waals surface area (Å²) in [5.41, 5.74) is 0.945. The summed E-state index contributed by atoms with van der Waals surface area (Å²) in [6, 6.07) is 9.04. The first-order chi connectivity index (χ1) is 14.0. The van der Waals surface area contributed by atoms with E-state index in [1.165, 1.54) is 25.3 Å². The molecule has 0 unspecified atom stereocenters. The second kappa shape index (κ2) is 9.09. The van der Waals surface area contributed by atoms with Crippen LogP contribution in [0.15, 0.2) is 36.4 Å². The highest BCUT2D eigenvalue weighted by Gasteiger charge is 2.16. The first-order valence-corrected chi connectivity index (χ1v) is 8.52. The van der Waals surface area contributed by atoms with E-state index < -0.39 is 18.4 Å². The van der Waals surface area contributed by atoms with Crippen molar-refractivity contribution in [3.63, 3.8) is 0 Å². The monoisotopic (exact) mass is 408 g/mol. The standard InChI is InChI=1S/C19H18F2N2O6/c1-26-15-7-12(3-5-14(15)29-19(20)21)18(25)23-9-17(24)22-8-11-2-4-13-16(6-11)28-10-27-13/h2-7,19H,8-10H2,1H3,(H,22,24)(H,23,25). The summed E-state index contributed by atoms with van der Waals surface area (Å²) in [5, 5.41) is 5.12. The van der Waals surface area contributed by atoms with Gasteiger partial charge >= 0.3 is 6.61 Å². The number of carbonyl (C=O) groups excluding carboxylic acids is 2. The number of fused-ring (bicyclic) bond motifs is 1. The third-order valence-electron chi connectivity index (χ3n) is 3.98. The number of carbonyl (C=O) groups is 2. The van der Waals surface area contributed by atoms with Gasteiger partial charge in [-0.05, 0) is 35.9 Å². The summed E-state index contributed by atoms with van der Waals surface area (Å²) in [7, 11) is 1.26. The fourth-order valence-electron chi connectivity index (χ4n) is 2.58. The molecule has 154 valence electrons. The first-order valence-electron chi connectivity index (χ1n) is 8.52. The van der Waals surface area contributed by atoms with Crippen LogP contribution in [0.4, 0.5) is 8.78 Å². The third kappa shape index (κ3) is 5.24. The highest BCUT2D eigenvalue weighted by atomic mass is 19.3. The molecule has 1 heterocycles. The lowest BCUT2D eigenvalue weighted by atomic mass is 10.2. The van der Waals surface area contributed by atoms with Crippen molar-refractivity contribution in [1.29, 1.82) is 0 Å². The maximum Gasteiger partial charge on any atom is 0.387 e. The number of alkyl halides is 2. The van der Waals surface area contributed by atoms with Crippen molar-refractivity contribution in [2.24, 2.45) is 0 Å². The third-order valence-corrected chi connectivity index (χ3v) is 3.98. The van der Waals surface area contributed by atoms with Gasteiger partial charge in [0.2, 0.25) is 12.7 Å². The van der Waals surface area contributed by atoms with E-state index in [4.69, 9.17) is 14.2 Å². The van der Waals surface area contributed by atoms with Crippen LogP contribution < -0.4 is 29.6 Å². The van der Waals surface area contributed by atoms with Crippen molar-refractivity contribution in [1.82, 2.24) is 10.6 Å². The van der Waals surface area contributed by atoms with Gasteiger partial charge in [0.1, 0.15) is 0 Å². The quantitative estimate of drug-likeness (QED) is 0.695. The predicted octanol–water partition coefficient (Wildman–Crippen LogP) is 2.07. The lowest BCUT2D eigenvalue weighted by Gasteiger charge is -2.11. The molecule has 0 fully saturated rings. The molecule has 0 aliphatic carbocycles. The Balaban J connectivity index is 1.50. The maximum atomic E-state index is 12.4. The van der Waals surface area contributed by atoms with Crippen LogP contribution in [0.1, 0.15) is 15.9 Å². The minimum atomic E-state index is -3.02. The van der Waals surface area contributed by atoms with Crippen molar-refractivity contribution in [2.75, 3.05) is 20.4 Å². The Morgan fingerprint density at radius 1 is 1.07 bits per heavy atom. The molecule has 2 amide bonds. The van der Waals surface area contributed by atoms with Gasteiger partial charge in [-0.2, -0.15) is 8.78 Å². The van der Waals surface area contributed by atoms with Gasteiger partial charge in [-0.1, -0.05) is 6.07 Å². The molecule has 0 aromatic heterocycles. The fraction of sp³-hybridized carbons (Fsp3) is 0.263. The second-order valence-corrected chi connectivity index (χ2v) is 5.89. The number of nitrogens with one attached hydrogen (secondary N) is 2. The van der Waals surface area contributed by atoms with E-state index >= 15 is 0 Å².